The average molecular weight is 408 g/mol. The summed E-state index contributed by atoms with van der Waals surface area (Å²) in [6.07, 6.45) is 6.74. The van der Waals surface area contributed by atoms with Crippen molar-refractivity contribution in [3.05, 3.63) is 60.7 Å². The predicted octanol–water partition coefficient (Wildman–Crippen LogP) is 5.78. The van der Waals surface area contributed by atoms with Crippen LogP contribution in [-0.2, 0) is 0 Å². The van der Waals surface area contributed by atoms with E-state index in [0.29, 0.717) is 0 Å². The Bertz CT molecular complexity index is 929. The van der Waals surface area contributed by atoms with Gasteiger partial charge in [-0.3, -0.25) is 0 Å². The van der Waals surface area contributed by atoms with Gasteiger partial charge in [0.15, 0.2) is 0 Å². The van der Waals surface area contributed by atoms with Crippen LogP contribution in [0.15, 0.2) is 60.7 Å². The number of halogens is 1. The van der Waals surface area contributed by atoms with Crippen LogP contribution in [0.3, 0.4) is 0 Å². The maximum Gasteiger partial charge on any atom is 0.0730 e. The second-order valence-electron chi connectivity index (χ2n) is 8.22. The third kappa shape index (κ3) is 4.26. The van der Waals surface area contributed by atoms with Gasteiger partial charge in [-0.1, -0.05) is 55.0 Å². The summed E-state index contributed by atoms with van der Waals surface area (Å²) in [7, 11) is 0. The first-order valence-corrected chi connectivity index (χ1v) is 10.8. The fraction of sp³-hybridized carbons (Fsp3) is 0.400. The topological polar surface area (TPSA) is 19.4 Å². The largest absolute Gasteiger partial charge is 0.371 e. The average Bonchev–Trinajstić information content (AvgIpc) is 2.80. The van der Waals surface area contributed by atoms with Crippen molar-refractivity contribution >= 4 is 29.0 Å². The van der Waals surface area contributed by atoms with Crippen LogP contribution in [0.5, 0.6) is 0 Å². The highest BCUT2D eigenvalue weighted by Crippen LogP contribution is 2.33. The molecule has 3 nitrogen and oxygen atoms in total. The van der Waals surface area contributed by atoms with E-state index in [-0.39, 0.29) is 12.4 Å². The normalized spacial score (nSPS) is 18.6. The number of hydrogen-bond donors (Lipinski definition) is 0. The molecule has 0 amide bonds. The Morgan fingerprint density at radius 3 is 2.21 bits per heavy atom. The molecule has 5 rings (SSSR count). The summed E-state index contributed by atoms with van der Waals surface area (Å²) in [6, 6.07) is 22.2. The third-order valence-electron chi connectivity index (χ3n) is 6.48. The second-order valence-corrected chi connectivity index (χ2v) is 8.22. The minimum absolute atomic E-state index is 0. The molecule has 1 aromatic heterocycles. The predicted molar refractivity (Wildman–Crippen MR) is 125 cm³/mol. The second kappa shape index (κ2) is 9.15. The summed E-state index contributed by atoms with van der Waals surface area (Å²) < 4.78 is 0. The van der Waals surface area contributed by atoms with Crippen molar-refractivity contribution in [2.24, 2.45) is 0 Å². The van der Waals surface area contributed by atoms with Crippen LogP contribution in [0.4, 0.5) is 5.69 Å². The van der Waals surface area contributed by atoms with E-state index in [1.165, 1.54) is 61.8 Å². The maximum absolute atomic E-state index is 4.95. The molecule has 152 valence electrons. The number of hydrogen-bond acceptors (Lipinski definition) is 3. The number of nitrogens with zero attached hydrogens (tertiary/aromatic N) is 3. The Morgan fingerprint density at radius 2 is 1.45 bits per heavy atom. The Morgan fingerprint density at radius 1 is 0.759 bits per heavy atom. The molecule has 2 saturated heterocycles. The smallest absolute Gasteiger partial charge is 0.0730 e. The van der Waals surface area contributed by atoms with Crippen LogP contribution in [0.1, 0.15) is 32.1 Å². The molecule has 0 radical (unpaired) electrons. The number of pyridine rings is 1. The van der Waals surface area contributed by atoms with Crippen molar-refractivity contribution in [2.45, 2.75) is 38.1 Å². The molecule has 4 heteroatoms. The molecule has 0 spiro atoms. The number of likely N-dealkylation sites (tertiary alicyclic amines) is 1. The Hall–Kier alpha value is -2.10. The van der Waals surface area contributed by atoms with E-state index in [9.17, 15) is 0 Å². The van der Waals surface area contributed by atoms with Gasteiger partial charge in [-0.2, -0.15) is 0 Å². The Balaban J connectivity index is 0.00000205. The lowest BCUT2D eigenvalue weighted by Gasteiger charge is -2.41. The summed E-state index contributed by atoms with van der Waals surface area (Å²) in [5.41, 5.74) is 4.71. The monoisotopic (exact) mass is 407 g/mol. The molecule has 3 aromatic rings. The zero-order valence-corrected chi connectivity index (χ0v) is 17.8. The summed E-state index contributed by atoms with van der Waals surface area (Å²) >= 11 is 0. The van der Waals surface area contributed by atoms with E-state index in [2.05, 4.69) is 70.5 Å². The number of piperidine rings is 2. The number of fused-ring (bicyclic) bond motifs is 1. The first-order chi connectivity index (χ1) is 13.9. The van der Waals surface area contributed by atoms with Gasteiger partial charge in [0.1, 0.15) is 0 Å². The molecule has 0 aliphatic carbocycles. The highest BCUT2D eigenvalue weighted by Gasteiger charge is 2.26. The van der Waals surface area contributed by atoms with E-state index in [0.717, 1.165) is 30.3 Å². The SMILES string of the molecule is Cl.c1ccc(-c2cc(N3CCC(N4CCCCC4)CC3)c3ccccc3n2)cc1. The zero-order chi connectivity index (χ0) is 18.8. The minimum atomic E-state index is 0. The molecule has 0 saturated carbocycles. The van der Waals surface area contributed by atoms with Crippen LogP contribution < -0.4 is 4.90 Å². The van der Waals surface area contributed by atoms with E-state index < -0.39 is 0 Å². The fourth-order valence-electron chi connectivity index (χ4n) is 4.93. The van der Waals surface area contributed by atoms with E-state index in [4.69, 9.17) is 4.98 Å². The van der Waals surface area contributed by atoms with Crippen LogP contribution in [0.2, 0.25) is 0 Å². The molecule has 2 aliphatic rings. The standard InChI is InChI=1S/C25H29N3.ClH/c1-3-9-20(10-4-1)24-19-25(22-11-5-6-12-23(22)26-24)28-17-13-21(14-18-28)27-15-7-2-8-16-27;/h1,3-6,9-12,19,21H,2,7-8,13-18H2;1H. The lowest BCUT2D eigenvalue weighted by atomic mass is 9.98. The first-order valence-electron chi connectivity index (χ1n) is 10.8. The van der Waals surface area contributed by atoms with Crippen LogP contribution in [0, 0.1) is 0 Å². The van der Waals surface area contributed by atoms with E-state index in [1.807, 2.05) is 0 Å². The molecule has 0 N–H and O–H groups in total. The highest BCUT2D eigenvalue weighted by molar-refractivity contribution is 5.94. The molecular formula is C25H30ClN3. The van der Waals surface area contributed by atoms with Gasteiger partial charge in [0.2, 0.25) is 0 Å². The van der Waals surface area contributed by atoms with Crippen molar-refractivity contribution in [3.63, 3.8) is 0 Å². The molecule has 2 fully saturated rings. The van der Waals surface area contributed by atoms with Crippen molar-refractivity contribution in [3.8, 4) is 11.3 Å². The van der Waals surface area contributed by atoms with Gasteiger partial charge in [-0.15, -0.1) is 12.4 Å². The maximum atomic E-state index is 4.95. The number of benzene rings is 2. The zero-order valence-electron chi connectivity index (χ0n) is 17.0. The quantitative estimate of drug-likeness (QED) is 0.548. The van der Waals surface area contributed by atoms with Gasteiger partial charge >= 0.3 is 0 Å². The Kier molecular flexibility index (Phi) is 6.37. The highest BCUT2D eigenvalue weighted by atomic mass is 35.5. The van der Waals surface area contributed by atoms with Gasteiger partial charge in [0.05, 0.1) is 11.2 Å². The van der Waals surface area contributed by atoms with E-state index in [1.54, 1.807) is 0 Å². The molecule has 29 heavy (non-hydrogen) atoms. The van der Waals surface area contributed by atoms with Gasteiger partial charge < -0.3 is 9.80 Å². The number of anilines is 1. The van der Waals surface area contributed by atoms with Crippen molar-refractivity contribution in [1.29, 1.82) is 0 Å². The summed E-state index contributed by atoms with van der Waals surface area (Å²) in [4.78, 5) is 10.3. The first kappa shape index (κ1) is 20.2. The lowest BCUT2D eigenvalue weighted by Crippen LogP contribution is -2.46. The van der Waals surface area contributed by atoms with E-state index >= 15 is 0 Å². The number of rotatable bonds is 3. The van der Waals surface area contributed by atoms with Crippen molar-refractivity contribution in [2.75, 3.05) is 31.1 Å². The fourth-order valence-corrected chi connectivity index (χ4v) is 4.93. The molecule has 0 atom stereocenters. The Labute approximate surface area is 180 Å². The van der Waals surface area contributed by atoms with Crippen molar-refractivity contribution in [1.82, 2.24) is 9.88 Å². The number of aromatic nitrogens is 1. The summed E-state index contributed by atoms with van der Waals surface area (Å²) in [5.74, 6) is 0. The lowest BCUT2D eigenvalue weighted by molar-refractivity contribution is 0.141. The summed E-state index contributed by atoms with van der Waals surface area (Å²) in [6.45, 7) is 4.90. The molecule has 2 aromatic carbocycles. The van der Waals surface area contributed by atoms with Gasteiger partial charge in [0.25, 0.3) is 0 Å². The third-order valence-corrected chi connectivity index (χ3v) is 6.48. The molecular weight excluding hydrogens is 378 g/mol. The summed E-state index contributed by atoms with van der Waals surface area (Å²) in [5, 5.41) is 1.28. The van der Waals surface area contributed by atoms with Crippen molar-refractivity contribution < 1.29 is 0 Å². The van der Waals surface area contributed by atoms with Crippen LogP contribution in [-0.4, -0.2) is 42.1 Å². The van der Waals surface area contributed by atoms with Gasteiger partial charge in [-0.05, 0) is 50.9 Å². The molecule has 0 bridgehead atoms. The van der Waals surface area contributed by atoms with Crippen LogP contribution in [0.25, 0.3) is 22.2 Å². The molecule has 2 aliphatic heterocycles. The number of para-hydroxylation sites is 1. The van der Waals surface area contributed by atoms with Gasteiger partial charge in [0, 0.05) is 35.8 Å². The van der Waals surface area contributed by atoms with Gasteiger partial charge in [-0.25, -0.2) is 4.98 Å². The molecule has 0 unspecified atom stereocenters. The minimum Gasteiger partial charge on any atom is -0.371 e. The molecule has 3 heterocycles. The van der Waals surface area contributed by atoms with Crippen LogP contribution >= 0.6 is 12.4 Å².